The summed E-state index contributed by atoms with van der Waals surface area (Å²) in [6.45, 7) is 4.07. The Kier molecular flexibility index (Phi) is 3.67. The van der Waals surface area contributed by atoms with Gasteiger partial charge >= 0.3 is 0 Å². The monoisotopic (exact) mass is 312 g/mol. The molecule has 0 bridgehead atoms. The second kappa shape index (κ2) is 5.65. The Morgan fingerprint density at radius 1 is 1.22 bits per heavy atom. The summed E-state index contributed by atoms with van der Waals surface area (Å²) < 4.78 is 5.09. The third-order valence-corrected chi connectivity index (χ3v) is 3.43. The highest BCUT2D eigenvalue weighted by Gasteiger charge is 2.21. The van der Waals surface area contributed by atoms with Crippen LogP contribution in [0.15, 0.2) is 29.0 Å². The van der Waals surface area contributed by atoms with E-state index < -0.39 is 0 Å². The van der Waals surface area contributed by atoms with Gasteiger partial charge < -0.3 is 16.0 Å². The second-order valence-corrected chi connectivity index (χ2v) is 5.58. The predicted molar refractivity (Wildman–Crippen MR) is 87.5 cm³/mol. The van der Waals surface area contributed by atoms with Gasteiger partial charge in [0.05, 0.1) is 17.1 Å². The standard InChI is InChI=1S/C15H17N7O/c1-7(2)21-15-11(14(18)19-6-20-15)12(16)8-3-4-10-9(5-8)13(17)22-23-10/h3-7,16H,1-2H3,(H2,17,22)(H3,18,19,20,21)/p+1. The van der Waals surface area contributed by atoms with E-state index in [2.05, 4.69) is 15.1 Å². The summed E-state index contributed by atoms with van der Waals surface area (Å²) in [7, 11) is 0. The lowest BCUT2D eigenvalue weighted by molar-refractivity contribution is -0.606. The largest absolute Gasteiger partial charge is 0.383 e. The van der Waals surface area contributed by atoms with Crippen LogP contribution in [0.3, 0.4) is 0 Å². The Morgan fingerprint density at radius 3 is 2.74 bits per heavy atom. The number of benzene rings is 1. The highest BCUT2D eigenvalue weighted by molar-refractivity contribution is 6.16. The number of hydrogen-bond acceptors (Lipinski definition) is 7. The van der Waals surface area contributed by atoms with Crippen LogP contribution >= 0.6 is 0 Å². The topological polar surface area (TPSA) is 144 Å². The summed E-state index contributed by atoms with van der Waals surface area (Å²) in [4.78, 5) is 8.27. The summed E-state index contributed by atoms with van der Waals surface area (Å²) in [5.41, 5.74) is 13.7. The first-order valence-electron chi connectivity index (χ1n) is 7.17. The van der Waals surface area contributed by atoms with Gasteiger partial charge in [-0.3, -0.25) is 10.7 Å². The first kappa shape index (κ1) is 14.9. The van der Waals surface area contributed by atoms with Gasteiger partial charge in [0.2, 0.25) is 5.82 Å². The van der Waals surface area contributed by atoms with Crippen LogP contribution in [0.2, 0.25) is 0 Å². The number of rotatable bonds is 4. The van der Waals surface area contributed by atoms with E-state index in [1.807, 2.05) is 19.2 Å². The molecule has 0 spiro atoms. The van der Waals surface area contributed by atoms with Crippen molar-refractivity contribution < 1.29 is 9.84 Å². The fraction of sp³-hybridized carbons (Fsp3) is 0.200. The number of nitrogens with one attached hydrogen (secondary N) is 1. The van der Waals surface area contributed by atoms with Crippen molar-refractivity contribution in [3.63, 3.8) is 0 Å². The van der Waals surface area contributed by atoms with Gasteiger partial charge in [-0.25, -0.2) is 4.98 Å². The smallest absolute Gasteiger partial charge is 0.239 e. The maximum absolute atomic E-state index is 8.52. The first-order valence-corrected chi connectivity index (χ1v) is 7.17. The predicted octanol–water partition coefficient (Wildman–Crippen LogP) is 0.802. The minimum absolute atomic E-state index is 0.234. The molecule has 0 atom stereocenters. The minimum Gasteiger partial charge on any atom is -0.383 e. The Bertz CT molecular complexity index is 885. The third kappa shape index (κ3) is 2.71. The fourth-order valence-electron chi connectivity index (χ4n) is 2.37. The molecular weight excluding hydrogens is 294 g/mol. The van der Waals surface area contributed by atoms with Gasteiger partial charge in [0, 0.05) is 5.56 Å². The van der Waals surface area contributed by atoms with E-state index in [4.69, 9.17) is 21.4 Å². The molecule has 3 rings (SSSR count). The molecule has 8 nitrogen and oxygen atoms in total. The van der Waals surface area contributed by atoms with E-state index in [9.17, 15) is 0 Å². The zero-order valence-corrected chi connectivity index (χ0v) is 12.9. The Labute approximate surface area is 132 Å². The van der Waals surface area contributed by atoms with Gasteiger partial charge in [-0.2, -0.15) is 4.98 Å². The molecule has 0 aliphatic rings. The zero-order chi connectivity index (χ0) is 16.6. The molecule has 8 heteroatoms. The second-order valence-electron chi connectivity index (χ2n) is 5.58. The van der Waals surface area contributed by atoms with Crippen LogP contribution in [0.5, 0.6) is 0 Å². The van der Waals surface area contributed by atoms with Crippen molar-refractivity contribution >= 4 is 34.1 Å². The fourth-order valence-corrected chi connectivity index (χ4v) is 2.37. The van der Waals surface area contributed by atoms with Crippen LogP contribution in [-0.2, 0) is 0 Å². The number of quaternary nitrogens is 1. The van der Waals surface area contributed by atoms with Crippen LogP contribution in [0, 0.1) is 5.41 Å². The van der Waals surface area contributed by atoms with Crippen molar-refractivity contribution in [3.05, 3.63) is 35.7 Å². The number of fused-ring (bicyclic) bond motifs is 1. The van der Waals surface area contributed by atoms with Crippen LogP contribution in [0.1, 0.15) is 25.0 Å². The summed E-state index contributed by atoms with van der Waals surface area (Å²) in [6.07, 6.45) is 1.40. The van der Waals surface area contributed by atoms with Crippen LogP contribution in [0.25, 0.3) is 11.0 Å². The third-order valence-electron chi connectivity index (χ3n) is 3.43. The minimum atomic E-state index is 0.234. The molecule has 0 saturated heterocycles. The molecule has 0 radical (unpaired) electrons. The van der Waals surface area contributed by atoms with E-state index in [0.29, 0.717) is 33.7 Å². The maximum atomic E-state index is 8.52. The van der Waals surface area contributed by atoms with Gasteiger partial charge in [-0.15, -0.1) is 0 Å². The summed E-state index contributed by atoms with van der Waals surface area (Å²) in [5, 5.41) is 14.9. The molecule has 0 unspecified atom stereocenters. The van der Waals surface area contributed by atoms with Gasteiger partial charge in [0.25, 0.3) is 0 Å². The lowest BCUT2D eigenvalue weighted by Gasteiger charge is -2.11. The van der Waals surface area contributed by atoms with Crippen LogP contribution < -0.4 is 16.8 Å². The highest BCUT2D eigenvalue weighted by Crippen LogP contribution is 2.25. The van der Waals surface area contributed by atoms with Gasteiger partial charge in [-0.05, 0) is 32.0 Å². The highest BCUT2D eigenvalue weighted by atomic mass is 16.5. The Hall–Kier alpha value is -3.00. The lowest BCUT2D eigenvalue weighted by Crippen LogP contribution is -2.83. The van der Waals surface area contributed by atoms with E-state index >= 15 is 0 Å². The Balaban J connectivity index is 2.09. The average molecular weight is 312 g/mol. The maximum Gasteiger partial charge on any atom is 0.239 e. The average Bonchev–Trinajstić information content (AvgIpc) is 2.87. The molecule has 0 amide bonds. The number of anilines is 2. The number of nitrogens with two attached hydrogens (primary N) is 3. The quantitative estimate of drug-likeness (QED) is 0.524. The molecule has 2 aromatic heterocycles. The van der Waals surface area contributed by atoms with Crippen molar-refractivity contribution in [1.82, 2.24) is 15.1 Å². The normalized spacial score (nSPS) is 11.3. The van der Waals surface area contributed by atoms with Crippen molar-refractivity contribution in [3.8, 4) is 0 Å². The van der Waals surface area contributed by atoms with E-state index in [1.165, 1.54) is 6.33 Å². The molecule has 2 heterocycles. The molecule has 7 N–H and O–H groups in total. The van der Waals surface area contributed by atoms with Crippen molar-refractivity contribution in [1.29, 1.82) is 5.41 Å². The van der Waals surface area contributed by atoms with Crippen LogP contribution in [0.4, 0.5) is 17.5 Å². The number of nitrogens with zero attached hydrogens (tertiary/aromatic N) is 3. The van der Waals surface area contributed by atoms with Crippen molar-refractivity contribution in [2.24, 2.45) is 0 Å². The van der Waals surface area contributed by atoms with Crippen LogP contribution in [-0.4, -0.2) is 26.9 Å². The number of aromatic nitrogens is 3. The summed E-state index contributed by atoms with van der Waals surface area (Å²) >= 11 is 0. The van der Waals surface area contributed by atoms with Gasteiger partial charge in [-0.1, -0.05) is 5.16 Å². The first-order chi connectivity index (χ1) is 11.0. The molecular formula is C15H18N7O+. The number of hydrogen-bond donors (Lipinski definition) is 4. The molecule has 23 heavy (non-hydrogen) atoms. The molecule has 1 aromatic carbocycles. The van der Waals surface area contributed by atoms with Gasteiger partial charge in [0.1, 0.15) is 17.7 Å². The summed E-state index contributed by atoms with van der Waals surface area (Å²) in [5.74, 6) is 1.21. The Morgan fingerprint density at radius 2 is 2.00 bits per heavy atom. The molecule has 0 saturated carbocycles. The van der Waals surface area contributed by atoms with E-state index in [1.54, 1.807) is 18.2 Å². The SMILES string of the molecule is CC(C)[NH2+]c1ncnc(N)c1C(=N)c1ccc2onc(N)c2c1. The lowest BCUT2D eigenvalue weighted by atomic mass is 10.0. The van der Waals surface area contributed by atoms with Gasteiger partial charge in [0.15, 0.2) is 11.4 Å². The van der Waals surface area contributed by atoms with E-state index in [-0.39, 0.29) is 17.6 Å². The van der Waals surface area contributed by atoms with Crippen molar-refractivity contribution in [2.45, 2.75) is 19.9 Å². The molecule has 0 aliphatic heterocycles. The molecule has 0 fully saturated rings. The zero-order valence-electron chi connectivity index (χ0n) is 12.9. The molecule has 118 valence electrons. The molecule has 0 aliphatic carbocycles. The molecule has 3 aromatic rings. The van der Waals surface area contributed by atoms with Crippen molar-refractivity contribution in [2.75, 3.05) is 11.5 Å². The van der Waals surface area contributed by atoms with E-state index in [0.717, 1.165) is 0 Å². The number of nitrogen functional groups attached to an aromatic ring is 2. The summed E-state index contributed by atoms with van der Waals surface area (Å²) in [6, 6.07) is 5.52.